The van der Waals surface area contributed by atoms with E-state index in [2.05, 4.69) is 68.5 Å². The molecule has 2 atom stereocenters. The molecule has 8 heteroatoms. The summed E-state index contributed by atoms with van der Waals surface area (Å²) in [4.78, 5) is 18.6. The summed E-state index contributed by atoms with van der Waals surface area (Å²) in [5.41, 5.74) is 5.62. The second-order valence-corrected chi connectivity index (χ2v) is 9.09. The third kappa shape index (κ3) is 4.43. The van der Waals surface area contributed by atoms with Crippen molar-refractivity contribution in [1.82, 2.24) is 14.9 Å². The van der Waals surface area contributed by atoms with E-state index in [1.54, 1.807) is 13.3 Å². The summed E-state index contributed by atoms with van der Waals surface area (Å²) < 4.78 is 7.65. The largest absolute Gasteiger partial charge is 0.495 e. The van der Waals surface area contributed by atoms with Crippen molar-refractivity contribution in [3.63, 3.8) is 0 Å². The smallest absolute Gasteiger partial charge is 0.221 e. The Balaban J connectivity index is 1.66. The zero-order valence-electron chi connectivity index (χ0n) is 20.3. The van der Waals surface area contributed by atoms with E-state index in [0.29, 0.717) is 16.5 Å². The maximum absolute atomic E-state index is 11.9. The van der Waals surface area contributed by atoms with E-state index in [-0.39, 0.29) is 18.0 Å². The number of amides is 1. The van der Waals surface area contributed by atoms with Crippen LogP contribution in [0.1, 0.15) is 36.0 Å². The molecule has 1 aliphatic heterocycles. The number of carbonyl (C=O) groups is 1. The van der Waals surface area contributed by atoms with Gasteiger partial charge in [-0.3, -0.25) is 9.78 Å². The van der Waals surface area contributed by atoms with E-state index in [0.717, 1.165) is 22.8 Å². The van der Waals surface area contributed by atoms with Crippen molar-refractivity contribution in [3.8, 4) is 11.4 Å². The molecule has 0 aliphatic carbocycles. The summed E-state index contributed by atoms with van der Waals surface area (Å²) in [5.74, 6) is 0.400. The second kappa shape index (κ2) is 9.83. The number of rotatable bonds is 6. The van der Waals surface area contributed by atoms with Crippen LogP contribution in [0.5, 0.6) is 5.75 Å². The molecule has 3 heterocycles. The van der Waals surface area contributed by atoms with Gasteiger partial charge in [-0.1, -0.05) is 23.8 Å². The highest BCUT2D eigenvalue weighted by Gasteiger charge is 2.42. The zero-order valence-corrected chi connectivity index (χ0v) is 21.1. The summed E-state index contributed by atoms with van der Waals surface area (Å²) in [6, 6.07) is 23.8. The minimum Gasteiger partial charge on any atom is -0.495 e. The molecule has 5 rings (SSSR count). The van der Waals surface area contributed by atoms with Gasteiger partial charge in [-0.05, 0) is 73.7 Å². The maximum Gasteiger partial charge on any atom is 0.221 e. The average Bonchev–Trinajstić information content (AvgIpc) is 3.49. The van der Waals surface area contributed by atoms with Gasteiger partial charge in [0.2, 0.25) is 5.91 Å². The normalized spacial score (nSPS) is 17.1. The number of anilines is 2. The van der Waals surface area contributed by atoms with Crippen molar-refractivity contribution in [2.45, 2.75) is 25.9 Å². The highest BCUT2D eigenvalue weighted by Crippen LogP contribution is 2.43. The number of benzene rings is 2. The van der Waals surface area contributed by atoms with E-state index in [9.17, 15) is 4.79 Å². The molecule has 1 amide bonds. The van der Waals surface area contributed by atoms with Crippen molar-refractivity contribution in [2.75, 3.05) is 17.3 Å². The van der Waals surface area contributed by atoms with E-state index < -0.39 is 0 Å². The molecule has 36 heavy (non-hydrogen) atoms. The fraction of sp³-hybridized carbons (Fsp3) is 0.179. The third-order valence-electron chi connectivity index (χ3n) is 6.27. The number of methoxy groups -OCH3 is 1. The number of hydrogen-bond donors (Lipinski definition) is 2. The first-order valence-corrected chi connectivity index (χ1v) is 12.1. The second-order valence-electron chi connectivity index (χ2n) is 8.70. The van der Waals surface area contributed by atoms with Crippen LogP contribution in [0, 0.1) is 6.92 Å². The number of nitrogens with zero attached hydrogens (tertiary/aromatic N) is 3. The molecule has 0 radical (unpaired) electrons. The molecular weight excluding hydrogens is 470 g/mol. The zero-order chi connectivity index (χ0) is 25.2. The summed E-state index contributed by atoms with van der Waals surface area (Å²) in [7, 11) is 1.58. The lowest BCUT2D eigenvalue weighted by atomic mass is 10.0. The molecule has 4 aromatic rings. The SMILES string of the molecule is COc1ccc(N2C(=S)N[C@H](c3ccccn3)[C@@H]2c2cccn2-c2ccc(C)cc2)cc1NC(C)=O. The van der Waals surface area contributed by atoms with Gasteiger partial charge < -0.3 is 24.8 Å². The Labute approximate surface area is 215 Å². The molecule has 0 bridgehead atoms. The number of ether oxygens (including phenoxy) is 1. The fourth-order valence-electron chi connectivity index (χ4n) is 4.64. The van der Waals surface area contributed by atoms with Gasteiger partial charge in [-0.2, -0.15) is 0 Å². The lowest BCUT2D eigenvalue weighted by molar-refractivity contribution is -0.114. The molecule has 2 aromatic carbocycles. The number of aromatic nitrogens is 2. The first-order valence-electron chi connectivity index (χ1n) is 11.7. The Morgan fingerprint density at radius 1 is 1.06 bits per heavy atom. The minimum atomic E-state index is -0.206. The van der Waals surface area contributed by atoms with E-state index in [1.165, 1.54) is 12.5 Å². The van der Waals surface area contributed by atoms with Crippen LogP contribution in [0.15, 0.2) is 85.2 Å². The van der Waals surface area contributed by atoms with Gasteiger partial charge in [-0.15, -0.1) is 0 Å². The number of pyridine rings is 1. The number of nitrogens with one attached hydrogen (secondary N) is 2. The van der Waals surface area contributed by atoms with Crippen LogP contribution in [0.25, 0.3) is 5.69 Å². The number of thiocarbonyl (C=S) groups is 1. The maximum atomic E-state index is 11.9. The first kappa shape index (κ1) is 23.6. The predicted molar refractivity (Wildman–Crippen MR) is 146 cm³/mol. The van der Waals surface area contributed by atoms with Crippen LogP contribution in [-0.2, 0) is 4.79 Å². The molecule has 2 aromatic heterocycles. The summed E-state index contributed by atoms with van der Waals surface area (Å²) >= 11 is 5.88. The fourth-order valence-corrected chi connectivity index (χ4v) is 4.99. The van der Waals surface area contributed by atoms with Crippen LogP contribution in [0.2, 0.25) is 0 Å². The Hall–Kier alpha value is -4.17. The van der Waals surface area contributed by atoms with Crippen LogP contribution < -0.4 is 20.3 Å². The quantitative estimate of drug-likeness (QED) is 0.351. The van der Waals surface area contributed by atoms with Gasteiger partial charge >= 0.3 is 0 Å². The van der Waals surface area contributed by atoms with Gasteiger partial charge in [0.25, 0.3) is 0 Å². The lowest BCUT2D eigenvalue weighted by Gasteiger charge is -2.29. The van der Waals surface area contributed by atoms with Gasteiger partial charge in [-0.25, -0.2) is 0 Å². The van der Waals surface area contributed by atoms with Gasteiger partial charge in [0.05, 0.1) is 24.5 Å². The number of aryl methyl sites for hydroxylation is 1. The monoisotopic (exact) mass is 497 g/mol. The Kier molecular flexibility index (Phi) is 6.43. The molecule has 7 nitrogen and oxygen atoms in total. The number of hydrogen-bond acceptors (Lipinski definition) is 4. The molecule has 0 unspecified atom stereocenters. The van der Waals surface area contributed by atoms with Crippen molar-refractivity contribution in [3.05, 3.63) is 102 Å². The Morgan fingerprint density at radius 3 is 2.53 bits per heavy atom. The first-order chi connectivity index (χ1) is 17.5. The molecular formula is C28H27N5O2S. The topological polar surface area (TPSA) is 71.4 Å². The highest BCUT2D eigenvalue weighted by atomic mass is 32.1. The minimum absolute atomic E-state index is 0.177. The standard InChI is InChI=1S/C28H27N5O2S/c1-18-9-11-20(12-10-18)32-16-6-8-24(32)27-26(22-7-4-5-15-29-22)31-28(36)33(27)21-13-14-25(35-3)23(17-21)30-19(2)34/h4-17,26-27H,1-3H3,(H,30,34)(H,31,36)/t26-,27+/m1/s1. The number of carbonyl (C=O) groups excluding carboxylic acids is 1. The highest BCUT2D eigenvalue weighted by molar-refractivity contribution is 7.80. The van der Waals surface area contributed by atoms with Crippen LogP contribution in [0.4, 0.5) is 11.4 Å². The van der Waals surface area contributed by atoms with Gasteiger partial charge in [0.15, 0.2) is 5.11 Å². The van der Waals surface area contributed by atoms with Gasteiger partial charge in [0.1, 0.15) is 11.8 Å². The van der Waals surface area contributed by atoms with Crippen molar-refractivity contribution < 1.29 is 9.53 Å². The molecule has 2 N–H and O–H groups in total. The molecule has 0 saturated carbocycles. The van der Waals surface area contributed by atoms with Crippen molar-refractivity contribution in [2.24, 2.45) is 0 Å². The summed E-state index contributed by atoms with van der Waals surface area (Å²) in [6.07, 6.45) is 3.85. The van der Waals surface area contributed by atoms with E-state index in [4.69, 9.17) is 17.0 Å². The van der Waals surface area contributed by atoms with E-state index >= 15 is 0 Å². The summed E-state index contributed by atoms with van der Waals surface area (Å²) in [5, 5.41) is 6.94. The van der Waals surface area contributed by atoms with Crippen molar-refractivity contribution in [1.29, 1.82) is 0 Å². The third-order valence-corrected chi connectivity index (χ3v) is 6.58. The lowest BCUT2D eigenvalue weighted by Crippen LogP contribution is -2.30. The van der Waals surface area contributed by atoms with Crippen LogP contribution in [-0.4, -0.2) is 27.7 Å². The average molecular weight is 498 g/mol. The molecule has 1 aliphatic rings. The van der Waals surface area contributed by atoms with Gasteiger partial charge in [0, 0.05) is 36.4 Å². The molecule has 182 valence electrons. The predicted octanol–water partition coefficient (Wildman–Crippen LogP) is 5.32. The molecule has 1 fully saturated rings. The van der Waals surface area contributed by atoms with Crippen LogP contribution >= 0.6 is 12.2 Å². The molecule has 1 saturated heterocycles. The Bertz CT molecular complexity index is 1400. The van der Waals surface area contributed by atoms with Crippen molar-refractivity contribution >= 4 is 34.6 Å². The summed E-state index contributed by atoms with van der Waals surface area (Å²) in [6.45, 7) is 3.55. The Morgan fingerprint density at radius 2 is 1.83 bits per heavy atom. The van der Waals surface area contributed by atoms with Crippen LogP contribution in [0.3, 0.4) is 0 Å². The molecule has 0 spiro atoms. The van der Waals surface area contributed by atoms with E-state index in [1.807, 2.05) is 42.5 Å².